The molecule has 2 N–H and O–H groups in total. The van der Waals surface area contributed by atoms with Crippen molar-refractivity contribution >= 4 is 0 Å². The Kier molecular flexibility index (Phi) is 2.73. The molecule has 0 spiro atoms. The fraction of sp³-hybridized carbons (Fsp3) is 0.812. The number of aromatic nitrogens is 2. The molecule has 1 aromatic heterocycles. The molecular formula is C16H25N3. The molecule has 0 atom stereocenters. The lowest BCUT2D eigenvalue weighted by atomic mass is 9.51. The summed E-state index contributed by atoms with van der Waals surface area (Å²) in [5.74, 6) is 4.70. The van der Waals surface area contributed by atoms with Gasteiger partial charge in [-0.05, 0) is 68.8 Å². The Bertz CT molecular complexity index is 448. The van der Waals surface area contributed by atoms with Crippen LogP contribution >= 0.6 is 0 Å². The Hall–Kier alpha value is -0.830. The highest BCUT2D eigenvalue weighted by atomic mass is 15.3. The topological polar surface area (TPSA) is 43.8 Å². The zero-order valence-corrected chi connectivity index (χ0v) is 11.9. The number of rotatable bonds is 3. The maximum absolute atomic E-state index is 5.67. The summed E-state index contributed by atoms with van der Waals surface area (Å²) in [5.41, 5.74) is 8.33. The standard InChI is InChI=1S/C16H25N3/c1-10-4-15(18-19(10)3-2-17)16-13-6-11-5-12(8-13)9-14(16)7-11/h4,11-14,16H,2-3,5-9,17H2,1H3. The molecule has 3 nitrogen and oxygen atoms in total. The molecule has 4 aliphatic carbocycles. The van der Waals surface area contributed by atoms with Crippen molar-refractivity contribution in [3.8, 4) is 0 Å². The van der Waals surface area contributed by atoms with Crippen LogP contribution in [0.1, 0.15) is 49.4 Å². The molecular weight excluding hydrogens is 234 g/mol. The highest BCUT2D eigenvalue weighted by molar-refractivity contribution is 5.19. The molecule has 4 saturated carbocycles. The van der Waals surface area contributed by atoms with E-state index in [9.17, 15) is 0 Å². The minimum Gasteiger partial charge on any atom is -0.329 e. The summed E-state index contributed by atoms with van der Waals surface area (Å²) in [6, 6.07) is 2.34. The van der Waals surface area contributed by atoms with Crippen LogP contribution in [0.25, 0.3) is 0 Å². The van der Waals surface area contributed by atoms with Gasteiger partial charge in [0.15, 0.2) is 0 Å². The second kappa shape index (κ2) is 4.34. The minimum absolute atomic E-state index is 0.684. The van der Waals surface area contributed by atoms with E-state index < -0.39 is 0 Å². The molecule has 4 fully saturated rings. The molecule has 19 heavy (non-hydrogen) atoms. The van der Waals surface area contributed by atoms with Crippen molar-refractivity contribution in [2.24, 2.45) is 29.4 Å². The van der Waals surface area contributed by atoms with E-state index in [1.165, 1.54) is 43.5 Å². The fourth-order valence-corrected chi connectivity index (χ4v) is 5.46. The van der Waals surface area contributed by atoms with E-state index >= 15 is 0 Å². The summed E-state index contributed by atoms with van der Waals surface area (Å²) < 4.78 is 2.11. The molecule has 0 aromatic carbocycles. The van der Waals surface area contributed by atoms with Crippen LogP contribution in [0.2, 0.25) is 0 Å². The second-order valence-corrected chi connectivity index (χ2v) is 7.18. The lowest BCUT2D eigenvalue weighted by Crippen LogP contribution is -2.43. The van der Waals surface area contributed by atoms with E-state index in [1.807, 2.05) is 0 Å². The first-order chi connectivity index (χ1) is 9.24. The lowest BCUT2D eigenvalue weighted by Gasteiger charge is -2.54. The zero-order chi connectivity index (χ0) is 13.0. The molecule has 4 bridgehead atoms. The zero-order valence-electron chi connectivity index (χ0n) is 11.9. The van der Waals surface area contributed by atoms with Crippen molar-refractivity contribution in [3.05, 3.63) is 17.5 Å². The van der Waals surface area contributed by atoms with Crippen molar-refractivity contribution in [3.63, 3.8) is 0 Å². The molecule has 0 aliphatic heterocycles. The van der Waals surface area contributed by atoms with Gasteiger partial charge in [0, 0.05) is 18.2 Å². The number of hydrogen-bond acceptors (Lipinski definition) is 2. The number of nitrogens with two attached hydrogens (primary N) is 1. The maximum atomic E-state index is 5.67. The Morgan fingerprint density at radius 2 is 1.79 bits per heavy atom. The molecule has 3 heteroatoms. The first-order valence-corrected chi connectivity index (χ1v) is 7.99. The van der Waals surface area contributed by atoms with Crippen molar-refractivity contribution in [1.29, 1.82) is 0 Å². The van der Waals surface area contributed by atoms with Crippen LogP contribution in [0, 0.1) is 30.6 Å². The largest absolute Gasteiger partial charge is 0.329 e. The molecule has 1 heterocycles. The van der Waals surface area contributed by atoms with Gasteiger partial charge in [0.25, 0.3) is 0 Å². The van der Waals surface area contributed by atoms with Gasteiger partial charge in [0.05, 0.1) is 12.2 Å². The van der Waals surface area contributed by atoms with Gasteiger partial charge in [0.2, 0.25) is 0 Å². The van der Waals surface area contributed by atoms with Crippen molar-refractivity contribution in [1.82, 2.24) is 9.78 Å². The van der Waals surface area contributed by atoms with Crippen molar-refractivity contribution in [2.45, 2.75) is 51.5 Å². The Labute approximate surface area is 115 Å². The molecule has 5 rings (SSSR count). The Morgan fingerprint density at radius 1 is 1.16 bits per heavy atom. The van der Waals surface area contributed by atoms with Crippen LogP contribution in [0.15, 0.2) is 6.07 Å². The van der Waals surface area contributed by atoms with E-state index in [4.69, 9.17) is 10.8 Å². The van der Waals surface area contributed by atoms with E-state index in [-0.39, 0.29) is 0 Å². The Balaban J connectivity index is 1.63. The molecule has 0 radical (unpaired) electrons. The average Bonchev–Trinajstić information content (AvgIpc) is 2.70. The van der Waals surface area contributed by atoms with Gasteiger partial charge in [-0.2, -0.15) is 5.10 Å². The van der Waals surface area contributed by atoms with Gasteiger partial charge < -0.3 is 5.73 Å². The number of hydrogen-bond donors (Lipinski definition) is 1. The number of aryl methyl sites for hydroxylation is 1. The molecule has 1 aromatic rings. The molecule has 0 amide bonds. The maximum Gasteiger partial charge on any atom is 0.0663 e. The SMILES string of the molecule is Cc1cc(C2C3CC4CC(C3)CC2C4)nn1CCN. The van der Waals surface area contributed by atoms with Crippen molar-refractivity contribution < 1.29 is 0 Å². The normalized spacial score (nSPS) is 40.0. The first kappa shape index (κ1) is 12.0. The van der Waals surface area contributed by atoms with Crippen LogP contribution < -0.4 is 5.73 Å². The smallest absolute Gasteiger partial charge is 0.0663 e. The molecule has 0 saturated heterocycles. The summed E-state index contributed by atoms with van der Waals surface area (Å²) in [7, 11) is 0. The predicted molar refractivity (Wildman–Crippen MR) is 75.8 cm³/mol. The third kappa shape index (κ3) is 1.85. The minimum atomic E-state index is 0.684. The third-order valence-electron chi connectivity index (χ3n) is 5.91. The van der Waals surface area contributed by atoms with Crippen molar-refractivity contribution in [2.75, 3.05) is 6.54 Å². The van der Waals surface area contributed by atoms with Gasteiger partial charge in [-0.3, -0.25) is 4.68 Å². The van der Waals surface area contributed by atoms with Crippen LogP contribution in [-0.4, -0.2) is 16.3 Å². The van der Waals surface area contributed by atoms with Gasteiger partial charge in [-0.25, -0.2) is 0 Å². The van der Waals surface area contributed by atoms with Crippen LogP contribution in [-0.2, 0) is 6.54 Å². The highest BCUT2D eigenvalue weighted by Crippen LogP contribution is 2.59. The van der Waals surface area contributed by atoms with E-state index in [0.29, 0.717) is 6.54 Å². The van der Waals surface area contributed by atoms with E-state index in [0.717, 1.165) is 36.1 Å². The van der Waals surface area contributed by atoms with Crippen LogP contribution in [0.4, 0.5) is 0 Å². The molecule has 104 valence electrons. The Morgan fingerprint density at radius 3 is 2.37 bits per heavy atom. The summed E-state index contributed by atoms with van der Waals surface area (Å²) in [6.45, 7) is 3.71. The van der Waals surface area contributed by atoms with Crippen LogP contribution in [0.5, 0.6) is 0 Å². The average molecular weight is 259 g/mol. The summed E-state index contributed by atoms with van der Waals surface area (Å²) >= 11 is 0. The summed E-state index contributed by atoms with van der Waals surface area (Å²) in [4.78, 5) is 0. The van der Waals surface area contributed by atoms with E-state index in [2.05, 4.69) is 17.7 Å². The summed E-state index contributed by atoms with van der Waals surface area (Å²) in [6.07, 6.45) is 7.42. The van der Waals surface area contributed by atoms with Crippen LogP contribution in [0.3, 0.4) is 0 Å². The first-order valence-electron chi connectivity index (χ1n) is 7.99. The van der Waals surface area contributed by atoms with Gasteiger partial charge in [-0.15, -0.1) is 0 Å². The highest BCUT2D eigenvalue weighted by Gasteiger charge is 2.49. The quantitative estimate of drug-likeness (QED) is 0.907. The second-order valence-electron chi connectivity index (χ2n) is 7.18. The molecule has 0 unspecified atom stereocenters. The van der Waals surface area contributed by atoms with Gasteiger partial charge >= 0.3 is 0 Å². The fourth-order valence-electron chi connectivity index (χ4n) is 5.46. The van der Waals surface area contributed by atoms with Gasteiger partial charge in [-0.1, -0.05) is 0 Å². The lowest BCUT2D eigenvalue weighted by molar-refractivity contribution is -0.00433. The van der Waals surface area contributed by atoms with E-state index in [1.54, 1.807) is 0 Å². The van der Waals surface area contributed by atoms with Gasteiger partial charge in [0.1, 0.15) is 0 Å². The third-order valence-corrected chi connectivity index (χ3v) is 5.91. The predicted octanol–water partition coefficient (Wildman–Crippen LogP) is 2.69. The summed E-state index contributed by atoms with van der Waals surface area (Å²) in [5, 5.41) is 4.88. The molecule has 4 aliphatic rings. The number of nitrogens with zero attached hydrogens (tertiary/aromatic N) is 2. The monoisotopic (exact) mass is 259 g/mol.